The van der Waals surface area contributed by atoms with Crippen LogP contribution in [0, 0.1) is 0 Å². The van der Waals surface area contributed by atoms with Crippen LogP contribution in [0.25, 0.3) is 0 Å². The second kappa shape index (κ2) is 5.35. The van der Waals surface area contributed by atoms with Gasteiger partial charge in [0.05, 0.1) is 5.69 Å². The van der Waals surface area contributed by atoms with Crippen LogP contribution in [0.4, 0.5) is 5.69 Å². The quantitative estimate of drug-likeness (QED) is 0.796. The summed E-state index contributed by atoms with van der Waals surface area (Å²) in [5, 5.41) is 2.64. The summed E-state index contributed by atoms with van der Waals surface area (Å²) >= 11 is 0. The van der Waals surface area contributed by atoms with Crippen molar-refractivity contribution in [3.05, 3.63) is 36.9 Å². The van der Waals surface area contributed by atoms with Crippen molar-refractivity contribution in [2.75, 3.05) is 24.6 Å². The van der Waals surface area contributed by atoms with E-state index in [1.54, 1.807) is 4.90 Å². The molecule has 1 heterocycles. The number of nitrogens with one attached hydrogen (secondary N) is 1. The summed E-state index contributed by atoms with van der Waals surface area (Å²) in [6.45, 7) is 4.19. The summed E-state index contributed by atoms with van der Waals surface area (Å²) < 4.78 is 5.32. The molecule has 1 aliphatic heterocycles. The topological polar surface area (TPSA) is 58.6 Å². The van der Waals surface area contributed by atoms with E-state index in [1.165, 1.54) is 6.08 Å². The summed E-state index contributed by atoms with van der Waals surface area (Å²) in [5.41, 5.74) is 0.738. The highest BCUT2D eigenvalue weighted by molar-refractivity contribution is 5.97. The van der Waals surface area contributed by atoms with Crippen LogP contribution in [-0.4, -0.2) is 31.5 Å². The van der Waals surface area contributed by atoms with Crippen molar-refractivity contribution in [3.63, 3.8) is 0 Å². The van der Waals surface area contributed by atoms with Crippen molar-refractivity contribution in [1.82, 2.24) is 5.32 Å². The Morgan fingerprint density at radius 3 is 3.06 bits per heavy atom. The van der Waals surface area contributed by atoms with E-state index < -0.39 is 0 Å². The van der Waals surface area contributed by atoms with Gasteiger partial charge >= 0.3 is 0 Å². The third-order valence-electron chi connectivity index (χ3n) is 2.63. The van der Waals surface area contributed by atoms with Gasteiger partial charge in [0.2, 0.25) is 5.91 Å². The van der Waals surface area contributed by atoms with Gasteiger partial charge in [0.25, 0.3) is 5.91 Å². The zero-order valence-corrected chi connectivity index (χ0v) is 9.89. The number of nitrogens with zero attached hydrogens (tertiary/aromatic N) is 1. The first-order chi connectivity index (χ1) is 8.72. The maximum Gasteiger partial charge on any atom is 0.265 e. The average Bonchev–Trinajstić information content (AvgIpc) is 2.41. The highest BCUT2D eigenvalue weighted by Crippen LogP contribution is 2.30. The van der Waals surface area contributed by atoms with Gasteiger partial charge in [-0.2, -0.15) is 0 Å². The normalized spacial score (nSPS) is 13.6. The van der Waals surface area contributed by atoms with Gasteiger partial charge < -0.3 is 15.0 Å². The number of para-hydroxylation sites is 2. The second-order valence-electron chi connectivity index (χ2n) is 3.80. The molecule has 2 rings (SSSR count). The summed E-state index contributed by atoms with van der Waals surface area (Å²) in [7, 11) is 0. The number of hydrogen-bond acceptors (Lipinski definition) is 3. The Morgan fingerprint density at radius 2 is 2.28 bits per heavy atom. The zero-order chi connectivity index (χ0) is 13.0. The van der Waals surface area contributed by atoms with Crippen molar-refractivity contribution in [2.24, 2.45) is 0 Å². The molecule has 0 saturated carbocycles. The summed E-state index contributed by atoms with van der Waals surface area (Å²) in [6, 6.07) is 7.33. The summed E-state index contributed by atoms with van der Waals surface area (Å²) in [5.74, 6) is 0.331. The third-order valence-corrected chi connectivity index (χ3v) is 2.63. The zero-order valence-electron chi connectivity index (χ0n) is 9.89. The predicted octanol–water partition coefficient (Wildman–Crippen LogP) is 0.714. The fourth-order valence-corrected chi connectivity index (χ4v) is 1.76. The van der Waals surface area contributed by atoms with Gasteiger partial charge in [-0.25, -0.2) is 0 Å². The van der Waals surface area contributed by atoms with Crippen LogP contribution >= 0.6 is 0 Å². The minimum absolute atomic E-state index is 0.0341. The highest BCUT2D eigenvalue weighted by atomic mass is 16.5. The molecular weight excluding hydrogens is 232 g/mol. The Labute approximate surface area is 105 Å². The minimum Gasteiger partial charge on any atom is -0.482 e. The van der Waals surface area contributed by atoms with Crippen LogP contribution in [0.15, 0.2) is 36.9 Å². The number of ether oxygens (including phenoxy) is 1. The Kier molecular flexibility index (Phi) is 3.62. The fourth-order valence-electron chi connectivity index (χ4n) is 1.76. The molecular formula is C13H14N2O3. The molecule has 18 heavy (non-hydrogen) atoms. The molecule has 0 unspecified atom stereocenters. The molecule has 1 aromatic carbocycles. The van der Waals surface area contributed by atoms with Crippen LogP contribution in [-0.2, 0) is 9.59 Å². The van der Waals surface area contributed by atoms with Crippen LogP contribution in [0.2, 0.25) is 0 Å². The van der Waals surface area contributed by atoms with Gasteiger partial charge in [-0.05, 0) is 18.2 Å². The first-order valence-corrected chi connectivity index (χ1v) is 5.65. The molecule has 5 nitrogen and oxygen atoms in total. The smallest absolute Gasteiger partial charge is 0.265 e. The van der Waals surface area contributed by atoms with Gasteiger partial charge in [-0.1, -0.05) is 18.7 Å². The molecule has 0 radical (unpaired) electrons. The van der Waals surface area contributed by atoms with Crippen LogP contribution in [0.5, 0.6) is 5.75 Å². The van der Waals surface area contributed by atoms with E-state index in [-0.39, 0.29) is 18.4 Å². The van der Waals surface area contributed by atoms with E-state index >= 15 is 0 Å². The molecule has 1 aromatic rings. The molecule has 0 atom stereocenters. The molecule has 2 amide bonds. The lowest BCUT2D eigenvalue weighted by Crippen LogP contribution is -2.43. The Bertz CT molecular complexity index is 485. The van der Waals surface area contributed by atoms with E-state index in [0.29, 0.717) is 18.8 Å². The summed E-state index contributed by atoms with van der Waals surface area (Å²) in [6.07, 6.45) is 1.20. The number of benzene rings is 1. The number of carbonyl (C=O) groups is 2. The van der Waals surface area contributed by atoms with Gasteiger partial charge in [-0.15, -0.1) is 0 Å². The van der Waals surface area contributed by atoms with Gasteiger partial charge in [0, 0.05) is 13.1 Å². The third kappa shape index (κ3) is 2.51. The lowest BCUT2D eigenvalue weighted by atomic mass is 10.2. The highest BCUT2D eigenvalue weighted by Gasteiger charge is 2.24. The first kappa shape index (κ1) is 12.2. The number of amides is 2. The van der Waals surface area contributed by atoms with E-state index in [0.717, 1.165) is 5.69 Å². The maximum absolute atomic E-state index is 11.8. The van der Waals surface area contributed by atoms with Crippen molar-refractivity contribution < 1.29 is 14.3 Å². The number of rotatable bonds is 4. The Morgan fingerprint density at radius 1 is 1.50 bits per heavy atom. The molecule has 0 saturated heterocycles. The standard InChI is InChI=1S/C13H14N2O3/c1-2-12(16)14-7-8-15-10-5-3-4-6-11(10)18-9-13(15)17/h2-6H,1,7-9H2,(H,14,16). The lowest BCUT2D eigenvalue weighted by molar-refractivity contribution is -0.121. The average molecular weight is 246 g/mol. The minimum atomic E-state index is -0.246. The molecule has 0 spiro atoms. The number of carbonyl (C=O) groups excluding carboxylic acids is 2. The largest absolute Gasteiger partial charge is 0.482 e. The monoisotopic (exact) mass is 246 g/mol. The molecule has 94 valence electrons. The molecule has 1 N–H and O–H groups in total. The van der Waals surface area contributed by atoms with Gasteiger partial charge in [0.15, 0.2) is 6.61 Å². The molecule has 1 aliphatic rings. The molecule has 0 fully saturated rings. The number of anilines is 1. The van der Waals surface area contributed by atoms with Crippen molar-refractivity contribution in [2.45, 2.75) is 0 Å². The van der Waals surface area contributed by atoms with E-state index in [4.69, 9.17) is 4.74 Å². The SMILES string of the molecule is C=CC(=O)NCCN1C(=O)COc2ccccc21. The van der Waals surface area contributed by atoms with E-state index in [1.807, 2.05) is 24.3 Å². The Hall–Kier alpha value is -2.30. The van der Waals surface area contributed by atoms with Crippen molar-refractivity contribution in [1.29, 1.82) is 0 Å². The first-order valence-electron chi connectivity index (χ1n) is 5.65. The number of hydrogen-bond donors (Lipinski definition) is 1. The second-order valence-corrected chi connectivity index (χ2v) is 3.80. The molecule has 0 aliphatic carbocycles. The van der Waals surface area contributed by atoms with E-state index in [9.17, 15) is 9.59 Å². The van der Waals surface area contributed by atoms with Gasteiger partial charge in [-0.3, -0.25) is 9.59 Å². The maximum atomic E-state index is 11.8. The molecule has 0 aromatic heterocycles. The van der Waals surface area contributed by atoms with Crippen molar-refractivity contribution in [3.8, 4) is 5.75 Å². The fraction of sp³-hybridized carbons (Fsp3) is 0.231. The van der Waals surface area contributed by atoms with E-state index in [2.05, 4.69) is 11.9 Å². The Balaban J connectivity index is 2.05. The van der Waals surface area contributed by atoms with Gasteiger partial charge in [0.1, 0.15) is 5.75 Å². The molecule has 5 heteroatoms. The summed E-state index contributed by atoms with van der Waals surface area (Å²) in [4.78, 5) is 24.4. The molecule has 0 bridgehead atoms. The lowest BCUT2D eigenvalue weighted by Gasteiger charge is -2.29. The van der Waals surface area contributed by atoms with Crippen molar-refractivity contribution >= 4 is 17.5 Å². The van der Waals surface area contributed by atoms with Crippen LogP contribution < -0.4 is 15.0 Å². The predicted molar refractivity (Wildman–Crippen MR) is 67.5 cm³/mol. The van der Waals surface area contributed by atoms with Crippen LogP contribution in [0.3, 0.4) is 0 Å². The number of fused-ring (bicyclic) bond motifs is 1. The van der Waals surface area contributed by atoms with Crippen LogP contribution in [0.1, 0.15) is 0 Å².